The number of hydrogen-bond acceptors (Lipinski definition) is 9. The van der Waals surface area contributed by atoms with Crippen LogP contribution in [-0.4, -0.2) is 66.3 Å². The first-order valence-corrected chi connectivity index (χ1v) is 20.4. The van der Waals surface area contributed by atoms with E-state index in [2.05, 4.69) is 21.2 Å². The number of carbonyl (C=O) groups excluding carboxylic acids is 2. The molecule has 0 saturated carbocycles. The maximum atomic E-state index is 14.1. The monoisotopic (exact) mass is 725 g/mol. The van der Waals surface area contributed by atoms with E-state index in [4.69, 9.17) is 14.2 Å². The minimum atomic E-state index is -3.56. The molecule has 1 aliphatic heterocycles. The summed E-state index contributed by atoms with van der Waals surface area (Å²) in [5.41, 5.74) is 0.0614. The molecule has 1 N–H and O–H groups in total. The summed E-state index contributed by atoms with van der Waals surface area (Å²) >= 11 is 2.02. The van der Waals surface area contributed by atoms with Crippen LogP contribution in [0.25, 0.3) is 10.4 Å². The Bertz CT molecular complexity index is 1500. The fourth-order valence-corrected chi connectivity index (χ4v) is 19.4. The number of thiophene rings is 1. The summed E-state index contributed by atoms with van der Waals surface area (Å²) in [6.07, 6.45) is 1.60. The van der Waals surface area contributed by atoms with Gasteiger partial charge in [0.2, 0.25) is 0 Å². The van der Waals surface area contributed by atoms with Crippen molar-refractivity contribution in [2.45, 2.75) is 48.8 Å². The number of esters is 2. The summed E-state index contributed by atoms with van der Waals surface area (Å²) in [4.78, 5) is 26.2. The van der Waals surface area contributed by atoms with E-state index in [0.29, 0.717) is 14.2 Å². The molecule has 2 aromatic carbocycles. The number of hydrogen-bond donors (Lipinski definition) is 1. The van der Waals surface area contributed by atoms with Gasteiger partial charge >= 0.3 is 258 Å². The van der Waals surface area contributed by atoms with Gasteiger partial charge < -0.3 is 0 Å². The number of piperidine rings is 1. The van der Waals surface area contributed by atoms with E-state index in [1.54, 1.807) is 45.0 Å². The SMILES string of the molecule is COC(=O)c1sc(-c2cccc([As](C3CCNCC3)S(=O)(=O)c3ccccc3)c2)c(Br)c1OCC(=O)OC(C)(C)C. The molecule has 220 valence electrons. The Balaban J connectivity index is 1.75. The summed E-state index contributed by atoms with van der Waals surface area (Å²) in [7, 11) is -2.28. The predicted molar refractivity (Wildman–Crippen MR) is 165 cm³/mol. The molecule has 1 aliphatic rings. The number of ether oxygens (including phenoxy) is 3. The Kier molecular flexibility index (Phi) is 10.4. The van der Waals surface area contributed by atoms with Gasteiger partial charge in [0.15, 0.2) is 0 Å². The Morgan fingerprint density at radius 1 is 1.07 bits per heavy atom. The van der Waals surface area contributed by atoms with E-state index in [1.165, 1.54) is 7.11 Å². The molecule has 0 amide bonds. The van der Waals surface area contributed by atoms with Crippen LogP contribution in [-0.2, 0) is 22.4 Å². The molecule has 0 radical (unpaired) electrons. The van der Waals surface area contributed by atoms with Crippen molar-refractivity contribution in [2.75, 3.05) is 26.8 Å². The molecule has 0 bridgehead atoms. The van der Waals surface area contributed by atoms with Crippen LogP contribution in [0.3, 0.4) is 0 Å². The first-order valence-electron chi connectivity index (χ1n) is 13.1. The van der Waals surface area contributed by atoms with Gasteiger partial charge in [0.1, 0.15) is 0 Å². The Labute approximate surface area is 257 Å². The summed E-state index contributed by atoms with van der Waals surface area (Å²) in [5.74, 6) is -0.999. The van der Waals surface area contributed by atoms with Crippen LogP contribution < -0.4 is 14.4 Å². The maximum absolute atomic E-state index is 14.1. The van der Waals surface area contributed by atoms with Crippen molar-refractivity contribution >= 4 is 65.2 Å². The summed E-state index contributed by atoms with van der Waals surface area (Å²) < 4.78 is 45.7. The standard InChI is InChI=1S/C29H33AsBrNO7S2/c1-29(2,3)39-23(33)18-38-25-24(31)26(40-27(25)28(34)37-4)19-9-8-10-21(17-19)30(20-13-15-32-16-14-20)41(35,36)22-11-6-5-7-12-22/h5-12,17,20,32H,13-16,18H2,1-4H3. The van der Waals surface area contributed by atoms with Gasteiger partial charge in [-0.05, 0) is 0 Å². The fourth-order valence-electron chi connectivity index (χ4n) is 4.52. The van der Waals surface area contributed by atoms with Crippen molar-refractivity contribution < 1.29 is 32.2 Å². The fraction of sp³-hybridized carbons (Fsp3) is 0.379. The molecule has 1 unspecified atom stereocenters. The van der Waals surface area contributed by atoms with Crippen molar-refractivity contribution in [3.8, 4) is 16.2 Å². The average Bonchev–Trinajstić information content (AvgIpc) is 3.27. The van der Waals surface area contributed by atoms with E-state index in [1.807, 2.05) is 30.3 Å². The summed E-state index contributed by atoms with van der Waals surface area (Å²) in [6.45, 7) is 6.46. The van der Waals surface area contributed by atoms with E-state index in [0.717, 1.165) is 47.2 Å². The van der Waals surface area contributed by atoms with Crippen molar-refractivity contribution in [2.24, 2.45) is 0 Å². The van der Waals surface area contributed by atoms with Crippen LogP contribution in [0.4, 0.5) is 0 Å². The Hall–Kier alpha value is -2.17. The molecule has 41 heavy (non-hydrogen) atoms. The first kappa shape index (κ1) is 31.8. The Morgan fingerprint density at radius 3 is 2.39 bits per heavy atom. The van der Waals surface area contributed by atoms with Gasteiger partial charge in [-0.25, -0.2) is 0 Å². The third-order valence-electron chi connectivity index (χ3n) is 6.24. The van der Waals surface area contributed by atoms with E-state index < -0.39 is 45.7 Å². The first-order chi connectivity index (χ1) is 19.4. The second-order valence-electron chi connectivity index (χ2n) is 10.4. The third-order valence-corrected chi connectivity index (χ3v) is 21.2. The summed E-state index contributed by atoms with van der Waals surface area (Å²) in [6, 6.07) is 16.3. The van der Waals surface area contributed by atoms with E-state index >= 15 is 0 Å². The summed E-state index contributed by atoms with van der Waals surface area (Å²) in [5, 5.41) is 3.35. The number of benzene rings is 2. The van der Waals surface area contributed by atoms with Crippen LogP contribution in [0.15, 0.2) is 64.0 Å². The molecule has 1 aromatic heterocycles. The minimum absolute atomic E-state index is 0.0781. The number of rotatable bonds is 9. The van der Waals surface area contributed by atoms with Crippen LogP contribution in [0.1, 0.15) is 43.3 Å². The molecular weight excluding hydrogens is 693 g/mol. The van der Waals surface area contributed by atoms with Crippen molar-refractivity contribution in [1.29, 1.82) is 0 Å². The van der Waals surface area contributed by atoms with Crippen molar-refractivity contribution in [3.05, 3.63) is 63.9 Å². The van der Waals surface area contributed by atoms with Gasteiger partial charge in [-0.3, -0.25) is 0 Å². The van der Waals surface area contributed by atoms with Gasteiger partial charge in [-0.2, -0.15) is 0 Å². The molecule has 0 spiro atoms. The van der Waals surface area contributed by atoms with Gasteiger partial charge in [-0.1, -0.05) is 0 Å². The number of methoxy groups -OCH3 is 1. The number of carbonyl (C=O) groups is 2. The molecule has 1 atom stereocenters. The molecule has 8 nitrogen and oxygen atoms in total. The van der Waals surface area contributed by atoms with E-state index in [-0.39, 0.29) is 15.3 Å². The zero-order valence-electron chi connectivity index (χ0n) is 23.3. The quantitative estimate of drug-likeness (QED) is 0.240. The van der Waals surface area contributed by atoms with E-state index in [9.17, 15) is 18.0 Å². The predicted octanol–water partition coefficient (Wildman–Crippen LogP) is 5.11. The topological polar surface area (TPSA) is 108 Å². The van der Waals surface area contributed by atoms with Crippen molar-refractivity contribution in [3.63, 3.8) is 0 Å². The zero-order valence-corrected chi connectivity index (χ0v) is 28.4. The van der Waals surface area contributed by atoms with Crippen LogP contribution >= 0.6 is 27.3 Å². The van der Waals surface area contributed by atoms with Gasteiger partial charge in [0, 0.05) is 0 Å². The van der Waals surface area contributed by atoms with Crippen LogP contribution in [0, 0.1) is 0 Å². The number of halogens is 1. The van der Waals surface area contributed by atoms with Gasteiger partial charge in [0.25, 0.3) is 0 Å². The number of nitrogens with one attached hydrogen (secondary N) is 1. The average molecular weight is 727 g/mol. The second-order valence-corrected chi connectivity index (χ2v) is 22.7. The van der Waals surface area contributed by atoms with Crippen LogP contribution in [0.2, 0.25) is 4.71 Å². The molecular formula is C29H33AsBrNO7S2. The molecule has 12 heteroatoms. The Morgan fingerprint density at radius 2 is 1.76 bits per heavy atom. The molecule has 1 fully saturated rings. The molecule has 0 aliphatic carbocycles. The second kappa shape index (κ2) is 13.4. The van der Waals surface area contributed by atoms with Crippen LogP contribution in [0.5, 0.6) is 5.75 Å². The molecule has 4 rings (SSSR count). The molecule has 3 aromatic rings. The van der Waals surface area contributed by atoms with Crippen molar-refractivity contribution in [1.82, 2.24) is 5.32 Å². The normalized spacial score (nSPS) is 15.2. The molecule has 1 saturated heterocycles. The molecule has 2 heterocycles. The third kappa shape index (κ3) is 7.62. The zero-order chi connectivity index (χ0) is 29.8. The van der Waals surface area contributed by atoms with Gasteiger partial charge in [-0.15, -0.1) is 0 Å². The van der Waals surface area contributed by atoms with Gasteiger partial charge in [0.05, 0.1) is 0 Å².